The highest BCUT2D eigenvalue weighted by Crippen LogP contribution is 2.29. The summed E-state index contributed by atoms with van der Waals surface area (Å²) >= 11 is 0. The van der Waals surface area contributed by atoms with Gasteiger partial charge in [0.05, 0.1) is 18.6 Å². The smallest absolute Gasteiger partial charge is 0.123 e. The van der Waals surface area contributed by atoms with Crippen molar-refractivity contribution in [2.75, 3.05) is 6.61 Å². The van der Waals surface area contributed by atoms with Crippen LogP contribution in [-0.2, 0) is 13.5 Å². The fourth-order valence-corrected chi connectivity index (χ4v) is 2.12. The highest BCUT2D eigenvalue weighted by Gasteiger charge is 2.17. The maximum absolute atomic E-state index is 10.2. The molecular formula is C13H14N2O2. The lowest BCUT2D eigenvalue weighted by molar-refractivity contribution is 0.215. The van der Waals surface area contributed by atoms with Gasteiger partial charge in [-0.15, -0.1) is 0 Å². The zero-order valence-corrected chi connectivity index (χ0v) is 9.63. The minimum Gasteiger partial charge on any atom is -0.493 e. The number of aliphatic hydroxyl groups is 1. The molecule has 0 saturated heterocycles. The van der Waals surface area contributed by atoms with E-state index in [0.717, 1.165) is 29.9 Å². The summed E-state index contributed by atoms with van der Waals surface area (Å²) < 4.78 is 7.27. The van der Waals surface area contributed by atoms with E-state index in [2.05, 4.69) is 4.98 Å². The zero-order chi connectivity index (χ0) is 11.8. The number of ether oxygens (including phenoxy) is 1. The van der Waals surface area contributed by atoms with E-state index in [1.54, 1.807) is 6.33 Å². The Morgan fingerprint density at radius 2 is 2.35 bits per heavy atom. The molecule has 1 aliphatic heterocycles. The Balaban J connectivity index is 1.94. The first kappa shape index (κ1) is 10.4. The van der Waals surface area contributed by atoms with Crippen LogP contribution >= 0.6 is 0 Å². The van der Waals surface area contributed by atoms with E-state index in [0.29, 0.717) is 5.69 Å². The molecule has 0 radical (unpaired) electrons. The molecule has 2 aromatic rings. The number of aromatic nitrogens is 2. The summed E-state index contributed by atoms with van der Waals surface area (Å²) in [5.74, 6) is 0.932. The van der Waals surface area contributed by atoms with Crippen LogP contribution in [0.5, 0.6) is 5.75 Å². The third kappa shape index (κ3) is 1.80. The lowest BCUT2D eigenvalue weighted by atomic mass is 10.0. The van der Waals surface area contributed by atoms with Gasteiger partial charge in [-0.2, -0.15) is 0 Å². The van der Waals surface area contributed by atoms with Crippen LogP contribution in [0.2, 0.25) is 0 Å². The summed E-state index contributed by atoms with van der Waals surface area (Å²) in [6.45, 7) is 0.735. The van der Waals surface area contributed by atoms with E-state index in [1.807, 2.05) is 36.0 Å². The van der Waals surface area contributed by atoms with Crippen molar-refractivity contribution in [3.8, 4) is 5.75 Å². The van der Waals surface area contributed by atoms with Gasteiger partial charge in [0.2, 0.25) is 0 Å². The quantitative estimate of drug-likeness (QED) is 0.849. The van der Waals surface area contributed by atoms with Gasteiger partial charge in [-0.05, 0) is 23.3 Å². The van der Waals surface area contributed by atoms with Crippen LogP contribution in [0.4, 0.5) is 0 Å². The van der Waals surface area contributed by atoms with Crippen LogP contribution in [0.25, 0.3) is 0 Å². The number of benzene rings is 1. The lowest BCUT2D eigenvalue weighted by Gasteiger charge is -2.09. The minimum atomic E-state index is -0.665. The van der Waals surface area contributed by atoms with E-state index in [1.165, 1.54) is 0 Å². The van der Waals surface area contributed by atoms with Crippen LogP contribution in [0.15, 0.2) is 30.7 Å². The number of hydrogen-bond acceptors (Lipinski definition) is 3. The van der Waals surface area contributed by atoms with Gasteiger partial charge in [-0.25, -0.2) is 4.98 Å². The molecule has 4 nitrogen and oxygen atoms in total. The molecule has 0 fully saturated rings. The first-order valence-corrected chi connectivity index (χ1v) is 5.65. The van der Waals surface area contributed by atoms with Crippen molar-refractivity contribution in [1.29, 1.82) is 0 Å². The number of hydrogen-bond donors (Lipinski definition) is 1. The van der Waals surface area contributed by atoms with Crippen molar-refractivity contribution >= 4 is 0 Å². The van der Waals surface area contributed by atoms with Gasteiger partial charge in [0, 0.05) is 19.7 Å². The Hall–Kier alpha value is -1.81. The molecule has 0 spiro atoms. The molecule has 88 valence electrons. The predicted octanol–water partition coefficient (Wildman–Crippen LogP) is 1.44. The largest absolute Gasteiger partial charge is 0.493 e. The van der Waals surface area contributed by atoms with Crippen molar-refractivity contribution in [3.05, 3.63) is 47.5 Å². The number of aliphatic hydroxyl groups excluding tert-OH is 1. The molecule has 1 N–H and O–H groups in total. The molecule has 0 amide bonds. The molecule has 17 heavy (non-hydrogen) atoms. The Bertz CT molecular complexity index is 548. The van der Waals surface area contributed by atoms with E-state index < -0.39 is 6.10 Å². The van der Waals surface area contributed by atoms with E-state index in [4.69, 9.17) is 4.74 Å². The highest BCUT2D eigenvalue weighted by molar-refractivity contribution is 5.41. The van der Waals surface area contributed by atoms with Crippen molar-refractivity contribution in [2.24, 2.45) is 7.05 Å². The van der Waals surface area contributed by atoms with Gasteiger partial charge in [-0.1, -0.05) is 6.07 Å². The Labute approximate surface area is 99.5 Å². The van der Waals surface area contributed by atoms with Crippen molar-refractivity contribution < 1.29 is 9.84 Å². The molecule has 3 rings (SSSR count). The summed E-state index contributed by atoms with van der Waals surface area (Å²) in [4.78, 5) is 4.17. The average molecular weight is 230 g/mol. The lowest BCUT2D eigenvalue weighted by Crippen LogP contribution is -2.00. The molecule has 0 aliphatic carbocycles. The number of imidazole rings is 1. The summed E-state index contributed by atoms with van der Waals surface area (Å²) in [6.07, 6.45) is 3.77. The van der Waals surface area contributed by atoms with Crippen LogP contribution in [0, 0.1) is 0 Å². The fraction of sp³-hybridized carbons (Fsp3) is 0.308. The van der Waals surface area contributed by atoms with Crippen LogP contribution in [0.1, 0.15) is 22.9 Å². The molecule has 1 aliphatic rings. The number of rotatable bonds is 2. The summed E-state index contributed by atoms with van der Waals surface area (Å²) in [6, 6.07) is 5.81. The minimum absolute atomic E-state index is 0.665. The molecule has 0 bridgehead atoms. The van der Waals surface area contributed by atoms with Gasteiger partial charge in [0.25, 0.3) is 0 Å². The van der Waals surface area contributed by atoms with Crippen LogP contribution < -0.4 is 4.74 Å². The maximum Gasteiger partial charge on any atom is 0.123 e. The standard InChI is InChI=1S/C13H14N2O2/c1-15-7-11(14-8-15)13(16)10-2-3-12-9(6-10)4-5-17-12/h2-3,6-8,13,16H,4-5H2,1H3. The van der Waals surface area contributed by atoms with Gasteiger partial charge in [0.15, 0.2) is 0 Å². The predicted molar refractivity (Wildman–Crippen MR) is 62.9 cm³/mol. The van der Waals surface area contributed by atoms with E-state index >= 15 is 0 Å². The number of fused-ring (bicyclic) bond motifs is 1. The first-order valence-electron chi connectivity index (χ1n) is 5.65. The Morgan fingerprint density at radius 1 is 1.47 bits per heavy atom. The SMILES string of the molecule is Cn1cnc(C(O)c2ccc3c(c2)CCO3)c1. The molecule has 2 heterocycles. The fourth-order valence-electron chi connectivity index (χ4n) is 2.12. The van der Waals surface area contributed by atoms with Gasteiger partial charge >= 0.3 is 0 Å². The molecule has 1 unspecified atom stereocenters. The maximum atomic E-state index is 10.2. The molecule has 4 heteroatoms. The number of nitrogens with zero attached hydrogens (tertiary/aromatic N) is 2. The number of aryl methyl sites for hydroxylation is 1. The second-order valence-electron chi connectivity index (χ2n) is 4.33. The molecule has 1 aromatic heterocycles. The van der Waals surface area contributed by atoms with Crippen molar-refractivity contribution in [2.45, 2.75) is 12.5 Å². The second-order valence-corrected chi connectivity index (χ2v) is 4.33. The third-order valence-corrected chi connectivity index (χ3v) is 3.03. The average Bonchev–Trinajstić information content (AvgIpc) is 2.95. The first-order chi connectivity index (χ1) is 8.24. The van der Waals surface area contributed by atoms with E-state index in [-0.39, 0.29) is 0 Å². The Morgan fingerprint density at radius 3 is 3.12 bits per heavy atom. The normalized spacial score (nSPS) is 15.4. The van der Waals surface area contributed by atoms with Gasteiger partial charge < -0.3 is 14.4 Å². The topological polar surface area (TPSA) is 47.3 Å². The molecule has 1 atom stereocenters. The van der Waals surface area contributed by atoms with Crippen LogP contribution in [-0.4, -0.2) is 21.3 Å². The summed E-state index contributed by atoms with van der Waals surface area (Å²) in [5, 5.41) is 10.2. The van der Waals surface area contributed by atoms with Crippen molar-refractivity contribution in [3.63, 3.8) is 0 Å². The zero-order valence-electron chi connectivity index (χ0n) is 9.63. The van der Waals surface area contributed by atoms with Crippen molar-refractivity contribution in [1.82, 2.24) is 9.55 Å². The third-order valence-electron chi connectivity index (χ3n) is 3.03. The van der Waals surface area contributed by atoms with Gasteiger partial charge in [-0.3, -0.25) is 0 Å². The molecule has 1 aromatic carbocycles. The monoisotopic (exact) mass is 230 g/mol. The molecule has 0 saturated carbocycles. The second kappa shape index (κ2) is 3.89. The molecular weight excluding hydrogens is 216 g/mol. The highest BCUT2D eigenvalue weighted by atomic mass is 16.5. The van der Waals surface area contributed by atoms with Gasteiger partial charge in [0.1, 0.15) is 11.9 Å². The summed E-state index contributed by atoms with van der Waals surface area (Å²) in [7, 11) is 1.89. The van der Waals surface area contributed by atoms with Crippen LogP contribution in [0.3, 0.4) is 0 Å². The Kier molecular flexibility index (Phi) is 2.37. The van der Waals surface area contributed by atoms with E-state index in [9.17, 15) is 5.11 Å². The summed E-state index contributed by atoms with van der Waals surface area (Å²) in [5.41, 5.74) is 2.71.